The average Bonchev–Trinajstić information content (AvgIpc) is 2.97. The minimum atomic E-state index is -0.773. The van der Waals surface area contributed by atoms with E-state index in [9.17, 15) is 9.59 Å². The molecule has 42 heavy (non-hydrogen) atoms. The van der Waals surface area contributed by atoms with Crippen LogP contribution in [0.1, 0.15) is 102 Å². The second kappa shape index (κ2) is 17.9. The Labute approximate surface area is 250 Å². The molecule has 1 aromatic heterocycles. The molecule has 0 aliphatic rings. The van der Waals surface area contributed by atoms with E-state index < -0.39 is 11.6 Å². The van der Waals surface area contributed by atoms with Crippen LogP contribution >= 0.6 is 0 Å². The Morgan fingerprint density at radius 1 is 0.810 bits per heavy atom. The Bertz CT molecular complexity index is 1380. The lowest BCUT2D eigenvalue weighted by Crippen LogP contribution is -2.16. The zero-order valence-corrected chi connectivity index (χ0v) is 25.7. The number of benzene rings is 2. The summed E-state index contributed by atoms with van der Waals surface area (Å²) >= 11 is 0. The van der Waals surface area contributed by atoms with Gasteiger partial charge >= 0.3 is 11.6 Å². The third-order valence-corrected chi connectivity index (χ3v) is 7.02. The summed E-state index contributed by atoms with van der Waals surface area (Å²) in [6.45, 7) is 9.22. The van der Waals surface area contributed by atoms with E-state index in [0.29, 0.717) is 35.5 Å². The van der Waals surface area contributed by atoms with Crippen molar-refractivity contribution < 1.29 is 23.4 Å². The number of esters is 1. The smallest absolute Gasteiger partial charge is 0.383 e. The van der Waals surface area contributed by atoms with Gasteiger partial charge in [-0.1, -0.05) is 93.4 Å². The maximum atomic E-state index is 13.1. The second-order valence-corrected chi connectivity index (χ2v) is 10.9. The Morgan fingerprint density at radius 2 is 1.52 bits per heavy atom. The third kappa shape index (κ3) is 10.6. The molecule has 0 aliphatic carbocycles. The lowest BCUT2D eigenvalue weighted by Gasteiger charge is -2.15. The van der Waals surface area contributed by atoms with E-state index in [-0.39, 0.29) is 11.5 Å². The number of allylic oxidation sites excluding steroid dienone is 3. The SMILES string of the molecule is CCCCCCCCCCOc1c(OC(=O)c2ccccc2)c(=O)oc2cccc(OC/C=C(\C)CCC=C(C)C)c12. The molecule has 6 nitrogen and oxygen atoms in total. The number of carbonyl (C=O) groups is 1. The standard InChI is InChI=1S/C36H46O6/c1-5-6-7-8-9-10-11-15-25-40-33-32-30(39-26-24-28(4)19-16-18-27(2)3)22-17-23-31(32)41-36(38)34(33)42-35(37)29-20-13-12-14-21-29/h12-14,17-18,20-24H,5-11,15-16,19,25-26H2,1-4H3/b28-24+. The number of fused-ring (bicyclic) bond motifs is 1. The van der Waals surface area contributed by atoms with E-state index in [4.69, 9.17) is 18.6 Å². The number of carbonyl (C=O) groups excluding carboxylic acids is 1. The highest BCUT2D eigenvalue weighted by Gasteiger charge is 2.24. The molecule has 1 heterocycles. The van der Waals surface area contributed by atoms with Gasteiger partial charge in [0.15, 0.2) is 5.75 Å². The average molecular weight is 575 g/mol. The quantitative estimate of drug-likeness (QED) is 0.0652. The van der Waals surface area contributed by atoms with Gasteiger partial charge in [0.1, 0.15) is 23.3 Å². The molecule has 0 bridgehead atoms. The summed E-state index contributed by atoms with van der Waals surface area (Å²) in [5, 5.41) is 0.475. The van der Waals surface area contributed by atoms with Gasteiger partial charge in [0.05, 0.1) is 12.2 Å². The van der Waals surface area contributed by atoms with Crippen LogP contribution in [-0.4, -0.2) is 19.2 Å². The van der Waals surface area contributed by atoms with Gasteiger partial charge in [0, 0.05) is 0 Å². The molecule has 3 rings (SSSR count). The highest BCUT2D eigenvalue weighted by Crippen LogP contribution is 2.39. The summed E-state index contributed by atoms with van der Waals surface area (Å²) in [7, 11) is 0. The Kier molecular flexibility index (Phi) is 13.9. The van der Waals surface area contributed by atoms with Crippen LogP contribution in [0.5, 0.6) is 17.2 Å². The van der Waals surface area contributed by atoms with Crippen molar-refractivity contribution in [2.24, 2.45) is 0 Å². The lowest BCUT2D eigenvalue weighted by molar-refractivity contribution is 0.0721. The maximum absolute atomic E-state index is 13.1. The molecule has 0 atom stereocenters. The molecular weight excluding hydrogens is 528 g/mol. The van der Waals surface area contributed by atoms with Crippen molar-refractivity contribution in [3.63, 3.8) is 0 Å². The van der Waals surface area contributed by atoms with Gasteiger partial charge in [-0.3, -0.25) is 0 Å². The van der Waals surface area contributed by atoms with Crippen LogP contribution in [0, 0.1) is 0 Å². The normalized spacial score (nSPS) is 11.4. The Balaban J connectivity index is 1.83. The van der Waals surface area contributed by atoms with Gasteiger partial charge in [-0.15, -0.1) is 0 Å². The summed E-state index contributed by atoms with van der Waals surface area (Å²) in [5.74, 6) is -0.256. The van der Waals surface area contributed by atoms with E-state index in [0.717, 1.165) is 32.1 Å². The molecule has 3 aromatic rings. The molecule has 6 heteroatoms. The van der Waals surface area contributed by atoms with Crippen LogP contribution in [0.3, 0.4) is 0 Å². The number of rotatable bonds is 18. The summed E-state index contributed by atoms with van der Waals surface area (Å²) in [4.78, 5) is 26.0. The third-order valence-electron chi connectivity index (χ3n) is 7.02. The summed E-state index contributed by atoms with van der Waals surface area (Å²) in [6, 6.07) is 13.8. The first-order valence-corrected chi connectivity index (χ1v) is 15.3. The van der Waals surface area contributed by atoms with Crippen molar-refractivity contribution in [3.8, 4) is 17.2 Å². The molecule has 0 spiro atoms. The lowest BCUT2D eigenvalue weighted by atomic mass is 10.1. The Hall–Kier alpha value is -3.80. The molecule has 0 unspecified atom stereocenters. The molecular formula is C36H46O6. The predicted octanol–water partition coefficient (Wildman–Crippen LogP) is 9.60. The fourth-order valence-corrected chi connectivity index (χ4v) is 4.62. The van der Waals surface area contributed by atoms with Gasteiger partial charge in [-0.25, -0.2) is 9.59 Å². The van der Waals surface area contributed by atoms with Crippen LogP contribution < -0.4 is 19.8 Å². The van der Waals surface area contributed by atoms with Gasteiger partial charge < -0.3 is 18.6 Å². The minimum absolute atomic E-state index is 0.174. The minimum Gasteiger partial charge on any atom is -0.489 e. The van der Waals surface area contributed by atoms with Crippen molar-refractivity contribution in [1.82, 2.24) is 0 Å². The van der Waals surface area contributed by atoms with E-state index in [1.165, 1.54) is 43.3 Å². The fraction of sp³-hybridized carbons (Fsp3) is 0.444. The van der Waals surface area contributed by atoms with E-state index >= 15 is 0 Å². The largest absolute Gasteiger partial charge is 0.489 e. The molecule has 226 valence electrons. The van der Waals surface area contributed by atoms with Crippen LogP contribution in [0.2, 0.25) is 0 Å². The van der Waals surface area contributed by atoms with Crippen molar-refractivity contribution in [3.05, 3.63) is 87.8 Å². The topological polar surface area (TPSA) is 75.0 Å². The number of hydrogen-bond donors (Lipinski definition) is 0. The zero-order chi connectivity index (χ0) is 30.2. The van der Waals surface area contributed by atoms with Crippen LogP contribution in [0.25, 0.3) is 11.0 Å². The molecule has 0 saturated carbocycles. The zero-order valence-electron chi connectivity index (χ0n) is 25.7. The first kappa shape index (κ1) is 32.7. The summed E-state index contributed by atoms with van der Waals surface area (Å²) < 4.78 is 23.6. The van der Waals surface area contributed by atoms with Gasteiger partial charge in [0.2, 0.25) is 0 Å². The van der Waals surface area contributed by atoms with Gasteiger partial charge in [-0.05, 0) is 70.4 Å². The van der Waals surface area contributed by atoms with Gasteiger partial charge in [-0.2, -0.15) is 0 Å². The monoisotopic (exact) mass is 574 g/mol. The molecule has 0 amide bonds. The first-order chi connectivity index (χ1) is 20.4. The highest BCUT2D eigenvalue weighted by molar-refractivity contribution is 5.95. The van der Waals surface area contributed by atoms with Crippen molar-refractivity contribution in [1.29, 1.82) is 0 Å². The van der Waals surface area contributed by atoms with Crippen LogP contribution in [0.15, 0.2) is 81.0 Å². The van der Waals surface area contributed by atoms with Gasteiger partial charge in [0.25, 0.3) is 5.75 Å². The molecule has 2 aromatic carbocycles. The van der Waals surface area contributed by atoms with E-state index in [1.54, 1.807) is 48.5 Å². The second-order valence-electron chi connectivity index (χ2n) is 10.9. The number of ether oxygens (including phenoxy) is 3. The summed E-state index contributed by atoms with van der Waals surface area (Å²) in [6.07, 6.45) is 15.4. The highest BCUT2D eigenvalue weighted by atomic mass is 16.6. The molecule has 0 radical (unpaired) electrons. The molecule has 0 aliphatic heterocycles. The predicted molar refractivity (Wildman–Crippen MR) is 170 cm³/mol. The van der Waals surface area contributed by atoms with Crippen LogP contribution in [0.4, 0.5) is 0 Å². The Morgan fingerprint density at radius 3 is 2.24 bits per heavy atom. The van der Waals surface area contributed by atoms with Crippen molar-refractivity contribution >= 4 is 16.9 Å². The van der Waals surface area contributed by atoms with Crippen molar-refractivity contribution in [2.75, 3.05) is 13.2 Å². The maximum Gasteiger partial charge on any atom is 0.383 e. The van der Waals surface area contributed by atoms with E-state index in [2.05, 4.69) is 33.8 Å². The molecule has 0 N–H and O–H groups in total. The number of hydrogen-bond acceptors (Lipinski definition) is 6. The fourth-order valence-electron chi connectivity index (χ4n) is 4.62. The van der Waals surface area contributed by atoms with Crippen molar-refractivity contribution in [2.45, 2.75) is 91.9 Å². The van der Waals surface area contributed by atoms with E-state index in [1.807, 2.05) is 6.08 Å². The molecule has 0 saturated heterocycles. The molecule has 0 fully saturated rings. The first-order valence-electron chi connectivity index (χ1n) is 15.3. The summed E-state index contributed by atoms with van der Waals surface area (Å²) in [5.41, 5.74) is 2.39. The number of unbranched alkanes of at least 4 members (excludes halogenated alkanes) is 7. The van der Waals surface area contributed by atoms with Crippen LogP contribution in [-0.2, 0) is 0 Å².